The van der Waals surface area contributed by atoms with Gasteiger partial charge in [-0.2, -0.15) is 0 Å². The first-order valence-corrected chi connectivity index (χ1v) is 6.61. The van der Waals surface area contributed by atoms with E-state index in [0.29, 0.717) is 11.5 Å². The van der Waals surface area contributed by atoms with Crippen molar-refractivity contribution in [3.05, 3.63) is 24.3 Å². The number of rotatable bonds is 3. The zero-order valence-electron chi connectivity index (χ0n) is 11.4. The molecule has 1 aromatic rings. The topological polar surface area (TPSA) is 41.1 Å². The van der Waals surface area contributed by atoms with Gasteiger partial charge < -0.3 is 10.6 Å². The number of benzene rings is 1. The van der Waals surface area contributed by atoms with E-state index in [1.54, 1.807) is 0 Å². The SMILES string of the molecule is CC(=O)Nc1ccc(NC2CCCC2(C)C)cc1. The van der Waals surface area contributed by atoms with Crippen LogP contribution in [0.5, 0.6) is 0 Å². The third-order valence-electron chi connectivity index (χ3n) is 3.80. The highest BCUT2D eigenvalue weighted by molar-refractivity contribution is 5.88. The molecule has 18 heavy (non-hydrogen) atoms. The lowest BCUT2D eigenvalue weighted by Crippen LogP contribution is -2.30. The van der Waals surface area contributed by atoms with Gasteiger partial charge in [0.25, 0.3) is 0 Å². The standard InChI is InChI=1S/C15H22N2O/c1-11(18)16-12-6-8-13(9-7-12)17-14-5-4-10-15(14,2)3/h6-9,14,17H,4-5,10H2,1-3H3,(H,16,18). The molecular weight excluding hydrogens is 224 g/mol. The van der Waals surface area contributed by atoms with Gasteiger partial charge in [-0.3, -0.25) is 4.79 Å². The van der Waals surface area contributed by atoms with Crippen molar-refractivity contribution in [2.75, 3.05) is 10.6 Å². The third kappa shape index (κ3) is 3.03. The average molecular weight is 246 g/mol. The van der Waals surface area contributed by atoms with Crippen LogP contribution in [0.2, 0.25) is 0 Å². The van der Waals surface area contributed by atoms with Gasteiger partial charge in [-0.25, -0.2) is 0 Å². The molecule has 1 atom stereocenters. The number of hydrogen-bond acceptors (Lipinski definition) is 2. The molecule has 1 amide bonds. The van der Waals surface area contributed by atoms with Crippen LogP contribution in [0.4, 0.5) is 11.4 Å². The lowest BCUT2D eigenvalue weighted by molar-refractivity contribution is -0.114. The normalized spacial score (nSPS) is 21.6. The first-order valence-electron chi connectivity index (χ1n) is 6.61. The van der Waals surface area contributed by atoms with Crippen molar-refractivity contribution in [1.29, 1.82) is 0 Å². The van der Waals surface area contributed by atoms with E-state index in [4.69, 9.17) is 0 Å². The molecule has 3 heteroatoms. The first kappa shape index (κ1) is 12.9. The van der Waals surface area contributed by atoms with Crippen molar-refractivity contribution >= 4 is 17.3 Å². The van der Waals surface area contributed by atoms with Crippen LogP contribution in [0.1, 0.15) is 40.0 Å². The molecule has 98 valence electrons. The largest absolute Gasteiger partial charge is 0.382 e. The maximum absolute atomic E-state index is 10.9. The lowest BCUT2D eigenvalue weighted by atomic mass is 9.87. The molecule has 2 rings (SSSR count). The highest BCUT2D eigenvalue weighted by atomic mass is 16.1. The number of anilines is 2. The van der Waals surface area contributed by atoms with Crippen LogP contribution in [-0.2, 0) is 4.79 Å². The summed E-state index contributed by atoms with van der Waals surface area (Å²) in [6, 6.07) is 8.47. The molecule has 0 heterocycles. The van der Waals surface area contributed by atoms with Gasteiger partial charge in [0.2, 0.25) is 5.91 Å². The molecule has 1 saturated carbocycles. The Kier molecular flexibility index (Phi) is 3.60. The summed E-state index contributed by atoms with van der Waals surface area (Å²) >= 11 is 0. The fourth-order valence-corrected chi connectivity index (χ4v) is 2.65. The molecule has 0 radical (unpaired) electrons. The molecule has 0 aliphatic heterocycles. The second-order valence-electron chi connectivity index (χ2n) is 5.84. The Morgan fingerprint density at radius 1 is 1.22 bits per heavy atom. The smallest absolute Gasteiger partial charge is 0.221 e. The van der Waals surface area contributed by atoms with Gasteiger partial charge in [-0.05, 0) is 42.5 Å². The fraction of sp³-hybridized carbons (Fsp3) is 0.533. The maximum Gasteiger partial charge on any atom is 0.221 e. The van der Waals surface area contributed by atoms with Crippen LogP contribution in [0.15, 0.2) is 24.3 Å². The number of carbonyl (C=O) groups is 1. The molecule has 0 spiro atoms. The predicted octanol–water partition coefficient (Wildman–Crippen LogP) is 3.64. The van der Waals surface area contributed by atoms with Gasteiger partial charge in [0.15, 0.2) is 0 Å². The summed E-state index contributed by atoms with van der Waals surface area (Å²) in [5.41, 5.74) is 2.35. The molecule has 3 nitrogen and oxygen atoms in total. The van der Waals surface area contributed by atoms with E-state index in [-0.39, 0.29) is 5.91 Å². The zero-order valence-corrected chi connectivity index (χ0v) is 11.4. The van der Waals surface area contributed by atoms with Crippen molar-refractivity contribution in [1.82, 2.24) is 0 Å². The Labute approximate surface area is 109 Å². The average Bonchev–Trinajstić information content (AvgIpc) is 2.60. The first-order chi connectivity index (χ1) is 8.47. The molecular formula is C15H22N2O. The third-order valence-corrected chi connectivity index (χ3v) is 3.80. The van der Waals surface area contributed by atoms with Gasteiger partial charge in [0.05, 0.1) is 0 Å². The van der Waals surface area contributed by atoms with E-state index in [1.807, 2.05) is 24.3 Å². The minimum absolute atomic E-state index is 0.0346. The molecule has 1 fully saturated rings. The molecule has 2 N–H and O–H groups in total. The van der Waals surface area contributed by atoms with Gasteiger partial charge in [0.1, 0.15) is 0 Å². The summed E-state index contributed by atoms with van der Waals surface area (Å²) < 4.78 is 0. The highest BCUT2D eigenvalue weighted by Gasteiger charge is 2.34. The van der Waals surface area contributed by atoms with Crippen LogP contribution in [0, 0.1) is 5.41 Å². The van der Waals surface area contributed by atoms with Crippen LogP contribution in [-0.4, -0.2) is 11.9 Å². The van der Waals surface area contributed by atoms with Crippen molar-refractivity contribution in [3.8, 4) is 0 Å². The minimum Gasteiger partial charge on any atom is -0.382 e. The Morgan fingerprint density at radius 2 is 1.83 bits per heavy atom. The summed E-state index contributed by atoms with van der Waals surface area (Å²) in [5, 5.41) is 6.37. The quantitative estimate of drug-likeness (QED) is 0.855. The van der Waals surface area contributed by atoms with Gasteiger partial charge in [-0.1, -0.05) is 20.3 Å². The lowest BCUT2D eigenvalue weighted by Gasteiger charge is -2.28. The van der Waals surface area contributed by atoms with E-state index in [0.717, 1.165) is 11.4 Å². The zero-order chi connectivity index (χ0) is 13.2. The Balaban J connectivity index is 2.00. The predicted molar refractivity (Wildman–Crippen MR) is 75.8 cm³/mol. The summed E-state index contributed by atoms with van der Waals surface area (Å²) in [5.74, 6) is -0.0346. The molecule has 0 aromatic heterocycles. The highest BCUT2D eigenvalue weighted by Crippen LogP contribution is 2.39. The molecule has 0 saturated heterocycles. The molecule has 1 aliphatic carbocycles. The summed E-state index contributed by atoms with van der Waals surface area (Å²) in [4.78, 5) is 10.9. The van der Waals surface area contributed by atoms with E-state index < -0.39 is 0 Å². The van der Waals surface area contributed by atoms with Crippen molar-refractivity contribution in [2.24, 2.45) is 5.41 Å². The van der Waals surface area contributed by atoms with Crippen molar-refractivity contribution in [3.63, 3.8) is 0 Å². The monoisotopic (exact) mass is 246 g/mol. The van der Waals surface area contributed by atoms with Crippen LogP contribution in [0.3, 0.4) is 0 Å². The summed E-state index contributed by atoms with van der Waals surface area (Å²) in [7, 11) is 0. The number of amides is 1. The Bertz CT molecular complexity index is 423. The minimum atomic E-state index is -0.0346. The molecule has 1 aromatic carbocycles. The van der Waals surface area contributed by atoms with E-state index >= 15 is 0 Å². The van der Waals surface area contributed by atoms with Gasteiger partial charge in [-0.15, -0.1) is 0 Å². The van der Waals surface area contributed by atoms with E-state index in [1.165, 1.54) is 26.2 Å². The number of carbonyl (C=O) groups excluding carboxylic acids is 1. The number of nitrogens with one attached hydrogen (secondary N) is 2. The Hall–Kier alpha value is -1.51. The van der Waals surface area contributed by atoms with Gasteiger partial charge >= 0.3 is 0 Å². The van der Waals surface area contributed by atoms with Crippen molar-refractivity contribution < 1.29 is 4.79 Å². The Morgan fingerprint density at radius 3 is 2.33 bits per heavy atom. The second kappa shape index (κ2) is 5.01. The van der Waals surface area contributed by atoms with Gasteiger partial charge in [0, 0.05) is 24.3 Å². The molecule has 1 unspecified atom stereocenters. The number of hydrogen-bond donors (Lipinski definition) is 2. The summed E-state index contributed by atoms with van der Waals surface area (Å²) in [6.07, 6.45) is 3.82. The van der Waals surface area contributed by atoms with E-state index in [9.17, 15) is 4.79 Å². The van der Waals surface area contributed by atoms with Crippen LogP contribution in [0.25, 0.3) is 0 Å². The molecule has 1 aliphatic rings. The molecule has 0 bridgehead atoms. The van der Waals surface area contributed by atoms with E-state index in [2.05, 4.69) is 24.5 Å². The van der Waals surface area contributed by atoms with Crippen molar-refractivity contribution in [2.45, 2.75) is 46.1 Å². The second-order valence-corrected chi connectivity index (χ2v) is 5.84. The fourth-order valence-electron chi connectivity index (χ4n) is 2.65. The summed E-state index contributed by atoms with van der Waals surface area (Å²) in [6.45, 7) is 6.17. The maximum atomic E-state index is 10.9. The van der Waals surface area contributed by atoms with Crippen LogP contribution < -0.4 is 10.6 Å². The van der Waals surface area contributed by atoms with Crippen LogP contribution >= 0.6 is 0 Å².